The highest BCUT2D eigenvalue weighted by molar-refractivity contribution is 7.28. The first kappa shape index (κ1) is 66.4. The van der Waals surface area contributed by atoms with Crippen LogP contribution in [0.25, 0.3) is 268 Å². The van der Waals surface area contributed by atoms with Crippen LogP contribution in [0, 0.1) is 0 Å². The molecule has 0 saturated heterocycles. The van der Waals surface area contributed by atoms with Crippen LogP contribution in [0.5, 0.6) is 0 Å². The molecule has 0 spiro atoms. The minimum atomic E-state index is 0.641. The van der Waals surface area contributed by atoms with E-state index in [1.54, 1.807) is 22.7 Å². The van der Waals surface area contributed by atoms with Gasteiger partial charge in [-0.2, -0.15) is 0 Å². The minimum Gasteiger partial charge on any atom is -0.455 e. The molecule has 0 amide bonds. The second-order valence-electron chi connectivity index (χ2n) is 31.2. The normalized spacial score (nSPS) is 12.3. The topological polar surface area (TPSA) is 87.7 Å². The first-order valence-electron chi connectivity index (χ1n) is 40.3. The number of para-hydroxylation sites is 2. The number of benzene rings is 18. The molecule has 18 aromatic carbocycles. The largest absolute Gasteiger partial charge is 0.455 e. The van der Waals surface area contributed by atoms with Crippen LogP contribution in [0.15, 0.2) is 361 Å². The maximum Gasteiger partial charge on any atom is 0.235 e. The van der Waals surface area contributed by atoms with Gasteiger partial charge in [-0.25, -0.2) is 19.9 Å². The van der Waals surface area contributed by atoms with Crippen molar-refractivity contribution in [2.45, 2.75) is 0 Å². The first-order valence-corrected chi connectivity index (χ1v) is 43.6. The van der Waals surface area contributed by atoms with E-state index < -0.39 is 0 Å². The van der Waals surface area contributed by atoms with Crippen molar-refractivity contribution in [1.82, 2.24) is 29.1 Å². The van der Waals surface area contributed by atoms with Crippen LogP contribution in [0.4, 0.5) is 0 Å². The molecule has 0 fully saturated rings. The molecule has 0 atom stereocenters. The van der Waals surface area contributed by atoms with Gasteiger partial charge in [-0.1, -0.05) is 267 Å². The molecule has 0 N–H and O–H groups in total. The van der Waals surface area contributed by atoms with Crippen molar-refractivity contribution >= 4 is 257 Å². The standard InChI is InChI=1S/2C54H29N3OS2/c1-2-14-30(15-3-1)39-29-43-46(34-19-7-6-18-33(34)39)38-26-27-42-48(51(38)58-43)35-20-8-11-23-41(35)57(42)54-55-49-37-22-10-13-25-45(37)60-53(49)50(56-54)40-28-31-16-4-5-17-32(31)47-36-21-9-12-24-44(36)59-52(40)47;1-2-12-30(13-3-1)40-29-43-47(35-17-7-6-16-34(35)40)39-25-26-42-49(52(39)58-43)36-18-8-10-20-41(36)57(42)54-55-50(53-51(56-54)38-19-9-11-21-44(38)60-53)32-22-24-37-46(28-32)59-45-27-23-31-14-4-5-15-33(31)48(37)45/h2*1-29H. The molecular weight excluding hydrogens is 1540 g/mol. The smallest absolute Gasteiger partial charge is 0.235 e. The third kappa shape index (κ3) is 9.55. The lowest BCUT2D eigenvalue weighted by atomic mass is 9.95. The summed E-state index contributed by atoms with van der Waals surface area (Å²) in [5.41, 5.74) is 18.3. The van der Waals surface area contributed by atoms with Crippen molar-refractivity contribution in [2.75, 3.05) is 0 Å². The Bertz CT molecular complexity index is 9340. The van der Waals surface area contributed by atoms with Crippen LogP contribution in [0.3, 0.4) is 0 Å². The highest BCUT2D eigenvalue weighted by atomic mass is 32.1. The summed E-state index contributed by atoms with van der Waals surface area (Å²) in [6.07, 6.45) is 0. The Kier molecular flexibility index (Phi) is 14.0. The Balaban J connectivity index is 0.000000127. The maximum atomic E-state index is 7.07. The quantitative estimate of drug-likeness (QED) is 0.165. The molecule has 10 heterocycles. The van der Waals surface area contributed by atoms with Gasteiger partial charge in [0.15, 0.2) is 0 Å². The molecule has 0 radical (unpaired) electrons. The van der Waals surface area contributed by atoms with Gasteiger partial charge in [0.05, 0.1) is 64.7 Å². The van der Waals surface area contributed by atoms with Gasteiger partial charge in [0.1, 0.15) is 22.3 Å². The number of rotatable bonds is 6. The molecule has 0 bridgehead atoms. The highest BCUT2D eigenvalue weighted by Gasteiger charge is 2.29. The zero-order valence-electron chi connectivity index (χ0n) is 63.6. The van der Waals surface area contributed by atoms with E-state index in [4.69, 9.17) is 28.8 Å². The second-order valence-corrected chi connectivity index (χ2v) is 35.5. The Morgan fingerprint density at radius 1 is 0.217 bits per heavy atom. The number of nitrogens with zero attached hydrogens (tertiary/aromatic N) is 6. The van der Waals surface area contributed by atoms with E-state index in [-0.39, 0.29) is 0 Å². The summed E-state index contributed by atoms with van der Waals surface area (Å²) in [4.78, 5) is 22.2. The molecule has 0 saturated carbocycles. The van der Waals surface area contributed by atoms with E-state index in [9.17, 15) is 0 Å². The number of furan rings is 2. The third-order valence-corrected chi connectivity index (χ3v) is 29.5. The monoisotopic (exact) mass is 1600 g/mol. The van der Waals surface area contributed by atoms with Crippen molar-refractivity contribution in [3.63, 3.8) is 0 Å². The summed E-state index contributed by atoms with van der Waals surface area (Å²) in [5, 5.41) is 26.0. The van der Waals surface area contributed by atoms with Crippen molar-refractivity contribution in [3.8, 4) is 56.7 Å². The predicted molar refractivity (Wildman–Crippen MR) is 511 cm³/mol. The van der Waals surface area contributed by atoms with Crippen molar-refractivity contribution in [3.05, 3.63) is 352 Å². The molecule has 120 heavy (non-hydrogen) atoms. The molecule has 0 unspecified atom stereocenters. The molecule has 0 aliphatic rings. The summed E-state index contributed by atoms with van der Waals surface area (Å²) in [7, 11) is 0. The number of hydrogen-bond acceptors (Lipinski definition) is 10. The van der Waals surface area contributed by atoms with Crippen LogP contribution in [-0.4, -0.2) is 29.1 Å². The Morgan fingerprint density at radius 3 is 1.21 bits per heavy atom. The SMILES string of the molecule is c1ccc(-c2cc3oc4c(ccc5c4c4ccccc4n5-c4nc(-c5cc6ccccc6c6c5sc5ccccc56)c5sc6ccccc6c5n4)c3c3ccccc23)cc1.c1ccc(-c2cc3oc4c(ccc5c4c4ccccc4n5-c4nc(-c5ccc6c(c5)sc5ccc7ccccc7c56)c5sc6ccccc6c5n4)c3c3ccccc23)cc1. The van der Waals surface area contributed by atoms with Crippen molar-refractivity contribution in [1.29, 1.82) is 0 Å². The van der Waals surface area contributed by atoms with Crippen LogP contribution >= 0.6 is 45.3 Å². The lowest BCUT2D eigenvalue weighted by molar-refractivity contribution is 0.673. The summed E-state index contributed by atoms with van der Waals surface area (Å²) in [6, 6.07) is 126. The van der Waals surface area contributed by atoms with Gasteiger partial charge in [0.25, 0.3) is 0 Å². The highest BCUT2D eigenvalue weighted by Crippen LogP contribution is 2.52. The average molecular weight is 1600 g/mol. The summed E-state index contributed by atoms with van der Waals surface area (Å²) in [6.45, 7) is 0. The number of thiophene rings is 4. The second kappa shape index (κ2) is 25.4. The van der Waals surface area contributed by atoms with Crippen LogP contribution in [0.2, 0.25) is 0 Å². The number of hydrogen-bond donors (Lipinski definition) is 0. The van der Waals surface area contributed by atoms with Crippen molar-refractivity contribution < 1.29 is 8.83 Å². The molecular formula is C108H58N6O2S4. The van der Waals surface area contributed by atoms with E-state index in [2.05, 4.69) is 361 Å². The van der Waals surface area contributed by atoms with E-state index in [0.29, 0.717) is 11.9 Å². The number of aromatic nitrogens is 6. The summed E-state index contributed by atoms with van der Waals surface area (Å²) >= 11 is 7.24. The molecule has 0 aliphatic heterocycles. The molecule has 28 aromatic rings. The fraction of sp³-hybridized carbons (Fsp3) is 0. The van der Waals surface area contributed by atoms with E-state index in [1.165, 1.54) is 104 Å². The van der Waals surface area contributed by atoms with Crippen LogP contribution in [0.1, 0.15) is 0 Å². The fourth-order valence-corrected chi connectivity index (χ4v) is 24.3. The van der Waals surface area contributed by atoms with Crippen LogP contribution < -0.4 is 0 Å². The van der Waals surface area contributed by atoms with Crippen molar-refractivity contribution in [2.24, 2.45) is 0 Å². The molecule has 28 rings (SSSR count). The summed E-state index contributed by atoms with van der Waals surface area (Å²) < 4.78 is 28.2. The predicted octanol–water partition coefficient (Wildman–Crippen LogP) is 31.7. The zero-order valence-corrected chi connectivity index (χ0v) is 66.9. The molecule has 556 valence electrons. The fourth-order valence-electron chi connectivity index (χ4n) is 19.6. The van der Waals surface area contributed by atoms with Gasteiger partial charge in [0.2, 0.25) is 11.9 Å². The zero-order chi connectivity index (χ0) is 78.1. The summed E-state index contributed by atoms with van der Waals surface area (Å²) in [5.74, 6) is 1.28. The molecule has 8 nitrogen and oxygen atoms in total. The maximum absolute atomic E-state index is 7.07. The van der Waals surface area contributed by atoms with E-state index >= 15 is 0 Å². The van der Waals surface area contributed by atoms with Gasteiger partial charge >= 0.3 is 0 Å². The molecule has 10 aromatic heterocycles. The van der Waals surface area contributed by atoms with Gasteiger partial charge in [-0.15, -0.1) is 45.3 Å². The first-order chi connectivity index (χ1) is 59.5. The van der Waals surface area contributed by atoms with Gasteiger partial charge in [-0.3, -0.25) is 9.13 Å². The number of fused-ring (bicyclic) bond motifs is 34. The Morgan fingerprint density at radius 2 is 0.642 bits per heavy atom. The Labute approximate surface area is 697 Å². The molecule has 12 heteroatoms. The van der Waals surface area contributed by atoms with E-state index in [0.717, 1.165) is 152 Å². The minimum absolute atomic E-state index is 0.641. The third-order valence-electron chi connectivity index (χ3n) is 24.8. The van der Waals surface area contributed by atoms with Gasteiger partial charge in [-0.05, 0) is 150 Å². The lowest BCUT2D eigenvalue weighted by Crippen LogP contribution is -2.02. The lowest BCUT2D eigenvalue weighted by Gasteiger charge is -2.12. The average Bonchev–Trinajstić information content (AvgIpc) is 1.55. The van der Waals surface area contributed by atoms with Gasteiger partial charge < -0.3 is 8.83 Å². The van der Waals surface area contributed by atoms with E-state index in [1.807, 2.05) is 22.7 Å². The Hall–Kier alpha value is -14.8. The van der Waals surface area contributed by atoms with Gasteiger partial charge in [0, 0.05) is 104 Å². The molecule has 0 aliphatic carbocycles. The van der Waals surface area contributed by atoms with Crippen LogP contribution in [-0.2, 0) is 0 Å².